The Morgan fingerprint density at radius 2 is 2.25 bits per heavy atom. The molecule has 0 rings (SSSR count). The molecule has 0 aromatic heterocycles. The molecule has 0 spiro atoms. The zero-order valence-electron chi connectivity index (χ0n) is 7.80. The van der Waals surface area contributed by atoms with E-state index >= 15 is 0 Å². The summed E-state index contributed by atoms with van der Waals surface area (Å²) in [5.41, 5.74) is 4.84. The Morgan fingerprint density at radius 1 is 1.67 bits per heavy atom. The van der Waals surface area contributed by atoms with Gasteiger partial charge in [-0.05, 0) is 18.3 Å². The first-order chi connectivity index (χ1) is 5.48. The van der Waals surface area contributed by atoms with E-state index in [-0.39, 0.29) is 5.41 Å². The SMILES string of the molecule is C=CCCC(C)(C)COC(N)=O. The molecular formula is C9H17NO2. The van der Waals surface area contributed by atoms with Gasteiger partial charge < -0.3 is 10.5 Å². The zero-order chi connectivity index (χ0) is 9.61. The predicted molar refractivity (Wildman–Crippen MR) is 48.7 cm³/mol. The van der Waals surface area contributed by atoms with Crippen LogP contribution in [0.5, 0.6) is 0 Å². The largest absolute Gasteiger partial charge is 0.449 e. The monoisotopic (exact) mass is 171 g/mol. The number of allylic oxidation sites excluding steroid dienone is 1. The van der Waals surface area contributed by atoms with E-state index in [1.807, 2.05) is 19.9 Å². The minimum Gasteiger partial charge on any atom is -0.449 e. The molecule has 0 bridgehead atoms. The molecule has 0 unspecified atom stereocenters. The van der Waals surface area contributed by atoms with Crippen molar-refractivity contribution in [2.45, 2.75) is 26.7 Å². The van der Waals surface area contributed by atoms with E-state index in [1.165, 1.54) is 0 Å². The van der Waals surface area contributed by atoms with Crippen LogP contribution in [-0.2, 0) is 4.74 Å². The predicted octanol–water partition coefficient (Wildman–Crippen LogP) is 2.07. The molecular weight excluding hydrogens is 154 g/mol. The van der Waals surface area contributed by atoms with Gasteiger partial charge in [0.1, 0.15) is 0 Å². The van der Waals surface area contributed by atoms with Crippen molar-refractivity contribution >= 4 is 6.09 Å². The molecule has 0 aromatic carbocycles. The van der Waals surface area contributed by atoms with Gasteiger partial charge in [0, 0.05) is 0 Å². The third kappa shape index (κ3) is 5.77. The smallest absolute Gasteiger partial charge is 0.404 e. The van der Waals surface area contributed by atoms with Crippen molar-refractivity contribution in [3.05, 3.63) is 12.7 Å². The van der Waals surface area contributed by atoms with Gasteiger partial charge in [-0.1, -0.05) is 19.9 Å². The molecule has 1 amide bonds. The van der Waals surface area contributed by atoms with Gasteiger partial charge in [0.25, 0.3) is 0 Å². The molecule has 0 aliphatic heterocycles. The minimum atomic E-state index is -0.707. The van der Waals surface area contributed by atoms with Crippen LogP contribution in [0.25, 0.3) is 0 Å². The van der Waals surface area contributed by atoms with Crippen LogP contribution in [-0.4, -0.2) is 12.7 Å². The zero-order valence-corrected chi connectivity index (χ0v) is 7.80. The summed E-state index contributed by atoms with van der Waals surface area (Å²) in [5, 5.41) is 0. The molecule has 2 N–H and O–H groups in total. The highest BCUT2D eigenvalue weighted by molar-refractivity contribution is 5.64. The van der Waals surface area contributed by atoms with Gasteiger partial charge >= 0.3 is 6.09 Å². The van der Waals surface area contributed by atoms with Gasteiger partial charge in [0.2, 0.25) is 0 Å². The van der Waals surface area contributed by atoms with Crippen LogP contribution in [0.4, 0.5) is 4.79 Å². The summed E-state index contributed by atoms with van der Waals surface area (Å²) in [6, 6.07) is 0. The number of rotatable bonds is 5. The summed E-state index contributed by atoms with van der Waals surface area (Å²) in [7, 11) is 0. The van der Waals surface area contributed by atoms with Crippen molar-refractivity contribution in [1.29, 1.82) is 0 Å². The second-order valence-electron chi connectivity index (χ2n) is 3.60. The maximum absolute atomic E-state index is 10.3. The van der Waals surface area contributed by atoms with Gasteiger partial charge in [-0.25, -0.2) is 4.79 Å². The molecule has 0 aromatic rings. The average molecular weight is 171 g/mol. The number of amides is 1. The van der Waals surface area contributed by atoms with Crippen LogP contribution in [0.2, 0.25) is 0 Å². The van der Waals surface area contributed by atoms with Crippen LogP contribution in [0.15, 0.2) is 12.7 Å². The van der Waals surface area contributed by atoms with Crippen molar-refractivity contribution in [1.82, 2.24) is 0 Å². The third-order valence-corrected chi connectivity index (χ3v) is 1.63. The highest BCUT2D eigenvalue weighted by Gasteiger charge is 2.18. The molecule has 0 aliphatic carbocycles. The Balaban J connectivity index is 3.69. The average Bonchev–Trinajstić information content (AvgIpc) is 1.98. The van der Waals surface area contributed by atoms with E-state index in [9.17, 15) is 4.79 Å². The van der Waals surface area contributed by atoms with Crippen LogP contribution in [0.3, 0.4) is 0 Å². The quantitative estimate of drug-likeness (QED) is 0.644. The van der Waals surface area contributed by atoms with Crippen molar-refractivity contribution in [2.75, 3.05) is 6.61 Å². The highest BCUT2D eigenvalue weighted by atomic mass is 16.5. The first-order valence-electron chi connectivity index (χ1n) is 4.01. The second-order valence-corrected chi connectivity index (χ2v) is 3.60. The minimum absolute atomic E-state index is 0.0107. The van der Waals surface area contributed by atoms with E-state index in [0.29, 0.717) is 6.61 Å². The van der Waals surface area contributed by atoms with Crippen molar-refractivity contribution < 1.29 is 9.53 Å². The normalized spacial score (nSPS) is 10.8. The fourth-order valence-corrected chi connectivity index (χ4v) is 0.831. The number of nitrogens with two attached hydrogens (primary N) is 1. The van der Waals surface area contributed by atoms with Gasteiger partial charge in [-0.15, -0.1) is 6.58 Å². The molecule has 0 atom stereocenters. The second kappa shape index (κ2) is 4.80. The summed E-state index contributed by atoms with van der Waals surface area (Å²) in [6.07, 6.45) is 3.02. The van der Waals surface area contributed by atoms with Gasteiger partial charge in [-0.3, -0.25) is 0 Å². The maximum Gasteiger partial charge on any atom is 0.404 e. The van der Waals surface area contributed by atoms with Gasteiger partial charge in [0.15, 0.2) is 0 Å². The third-order valence-electron chi connectivity index (χ3n) is 1.63. The number of hydrogen-bond donors (Lipinski definition) is 1. The fraction of sp³-hybridized carbons (Fsp3) is 0.667. The van der Waals surface area contributed by atoms with Crippen molar-refractivity contribution in [3.63, 3.8) is 0 Å². The topological polar surface area (TPSA) is 52.3 Å². The number of carbonyl (C=O) groups excluding carboxylic acids is 1. The van der Waals surface area contributed by atoms with E-state index in [4.69, 9.17) is 10.5 Å². The maximum atomic E-state index is 10.3. The van der Waals surface area contributed by atoms with Gasteiger partial charge in [-0.2, -0.15) is 0 Å². The van der Waals surface area contributed by atoms with E-state index in [2.05, 4.69) is 6.58 Å². The molecule has 0 radical (unpaired) electrons. The summed E-state index contributed by atoms with van der Waals surface area (Å²) in [4.78, 5) is 10.3. The van der Waals surface area contributed by atoms with E-state index < -0.39 is 6.09 Å². The van der Waals surface area contributed by atoms with E-state index in [1.54, 1.807) is 0 Å². The number of primary amides is 1. The summed E-state index contributed by atoms with van der Waals surface area (Å²) in [5.74, 6) is 0. The molecule has 3 heteroatoms. The van der Waals surface area contributed by atoms with Crippen molar-refractivity contribution in [3.8, 4) is 0 Å². The van der Waals surface area contributed by atoms with Crippen LogP contribution >= 0.6 is 0 Å². The molecule has 0 heterocycles. The van der Waals surface area contributed by atoms with E-state index in [0.717, 1.165) is 12.8 Å². The highest BCUT2D eigenvalue weighted by Crippen LogP contribution is 2.22. The Labute approximate surface area is 73.6 Å². The first kappa shape index (κ1) is 11.0. The van der Waals surface area contributed by atoms with Crippen LogP contribution in [0, 0.1) is 5.41 Å². The summed E-state index contributed by atoms with van der Waals surface area (Å²) < 4.78 is 4.71. The molecule has 12 heavy (non-hydrogen) atoms. The lowest BCUT2D eigenvalue weighted by Crippen LogP contribution is -2.24. The Hall–Kier alpha value is -0.990. The number of ether oxygens (including phenoxy) is 1. The summed E-state index contributed by atoms with van der Waals surface area (Å²) in [6.45, 7) is 8.05. The summed E-state index contributed by atoms with van der Waals surface area (Å²) >= 11 is 0. The Morgan fingerprint density at radius 3 is 2.67 bits per heavy atom. The Kier molecular flexibility index (Phi) is 4.40. The van der Waals surface area contributed by atoms with Crippen molar-refractivity contribution in [2.24, 2.45) is 11.1 Å². The lowest BCUT2D eigenvalue weighted by atomic mass is 9.89. The Bertz CT molecular complexity index is 164. The number of carbonyl (C=O) groups is 1. The first-order valence-corrected chi connectivity index (χ1v) is 4.01. The molecule has 70 valence electrons. The molecule has 0 aliphatic rings. The van der Waals surface area contributed by atoms with Gasteiger partial charge in [0.05, 0.1) is 6.61 Å². The number of hydrogen-bond acceptors (Lipinski definition) is 2. The molecule has 0 fully saturated rings. The molecule has 3 nitrogen and oxygen atoms in total. The lowest BCUT2D eigenvalue weighted by molar-refractivity contribution is 0.102. The lowest BCUT2D eigenvalue weighted by Gasteiger charge is -2.22. The van der Waals surface area contributed by atoms with Crippen LogP contribution in [0.1, 0.15) is 26.7 Å². The molecule has 0 saturated carbocycles. The molecule has 0 saturated heterocycles. The fourth-order valence-electron chi connectivity index (χ4n) is 0.831. The standard InChI is InChI=1S/C9H17NO2/c1-4-5-6-9(2,3)7-12-8(10)11/h4H,1,5-7H2,2-3H3,(H2,10,11). The van der Waals surface area contributed by atoms with Crippen LogP contribution < -0.4 is 5.73 Å².